The number of rotatable bonds is 8. The lowest BCUT2D eigenvalue weighted by Crippen LogP contribution is -2.12. The zero-order chi connectivity index (χ0) is 24.5. The van der Waals surface area contributed by atoms with Crippen molar-refractivity contribution in [2.24, 2.45) is 0 Å². The molecule has 180 valence electrons. The first-order chi connectivity index (χ1) is 16.3. The predicted octanol–water partition coefficient (Wildman–Crippen LogP) is 3.56. The number of para-hydroxylation sites is 1. The van der Waals surface area contributed by atoms with Crippen molar-refractivity contribution >= 4 is 38.7 Å². The van der Waals surface area contributed by atoms with E-state index in [4.69, 9.17) is 25.8 Å². The molecule has 0 aliphatic heterocycles. The minimum atomic E-state index is -3.65. The van der Waals surface area contributed by atoms with Crippen LogP contribution >= 0.6 is 11.6 Å². The average molecular weight is 507 g/mol. The smallest absolute Gasteiger partial charge is 0.231 e. The lowest BCUT2D eigenvalue weighted by atomic mass is 10.2. The van der Waals surface area contributed by atoms with Gasteiger partial charge >= 0.3 is 0 Å². The summed E-state index contributed by atoms with van der Waals surface area (Å²) < 4.78 is 44.1. The lowest BCUT2D eigenvalue weighted by Gasteiger charge is -2.16. The number of methoxy groups -OCH3 is 2. The number of aromatic nitrogens is 5. The highest BCUT2D eigenvalue weighted by atomic mass is 35.5. The van der Waals surface area contributed by atoms with Crippen LogP contribution in [0.4, 0.5) is 5.82 Å². The Kier molecular flexibility index (Phi) is 6.44. The van der Waals surface area contributed by atoms with Gasteiger partial charge in [-0.05, 0) is 25.1 Å². The maximum Gasteiger partial charge on any atom is 0.231 e. The van der Waals surface area contributed by atoms with E-state index in [-0.39, 0.29) is 23.7 Å². The molecule has 0 unspecified atom stereocenters. The first-order valence-electron chi connectivity index (χ1n) is 10.0. The summed E-state index contributed by atoms with van der Waals surface area (Å²) in [6.07, 6.45) is 0.988. The Morgan fingerprint density at radius 2 is 1.71 bits per heavy atom. The molecular formula is C21H23ClN6O5S. The van der Waals surface area contributed by atoms with Crippen LogP contribution in [0.5, 0.6) is 17.4 Å². The van der Waals surface area contributed by atoms with Crippen molar-refractivity contribution in [3.8, 4) is 34.6 Å². The van der Waals surface area contributed by atoms with Gasteiger partial charge in [-0.3, -0.25) is 9.29 Å². The number of halogens is 1. The Balaban J connectivity index is 0.00000342. The summed E-state index contributed by atoms with van der Waals surface area (Å²) in [5, 5.41) is -0.157. The lowest BCUT2D eigenvalue weighted by molar-refractivity contribution is 0.327. The Morgan fingerprint density at radius 3 is 2.32 bits per heavy atom. The molecule has 0 aliphatic rings. The molecule has 3 aromatic heterocycles. The van der Waals surface area contributed by atoms with E-state index in [0.717, 1.165) is 6.26 Å². The van der Waals surface area contributed by atoms with E-state index in [1.54, 1.807) is 41.0 Å². The molecule has 0 atom stereocenters. The fourth-order valence-corrected chi connectivity index (χ4v) is 4.04. The Labute approximate surface area is 202 Å². The molecule has 13 heteroatoms. The minimum Gasteiger partial charge on any atom is -0.494 e. The molecule has 0 amide bonds. The second-order valence-corrected chi connectivity index (χ2v) is 9.07. The third kappa shape index (κ3) is 4.54. The van der Waals surface area contributed by atoms with Crippen LogP contribution < -0.4 is 18.9 Å². The van der Waals surface area contributed by atoms with Crippen LogP contribution in [-0.2, 0) is 10.0 Å². The predicted molar refractivity (Wildman–Crippen MR) is 130 cm³/mol. The average Bonchev–Trinajstić information content (AvgIpc) is 3.15. The van der Waals surface area contributed by atoms with Crippen LogP contribution in [0.1, 0.15) is 8.35 Å². The van der Waals surface area contributed by atoms with Crippen molar-refractivity contribution in [2.75, 3.05) is 31.8 Å². The van der Waals surface area contributed by atoms with Crippen molar-refractivity contribution in [1.29, 1.82) is 0 Å². The Hall–Kier alpha value is -3.64. The monoisotopic (exact) mass is 506 g/mol. The summed E-state index contributed by atoms with van der Waals surface area (Å²) in [6, 6.07) is 10.5. The van der Waals surface area contributed by atoms with Gasteiger partial charge in [0.25, 0.3) is 0 Å². The van der Waals surface area contributed by atoms with Gasteiger partial charge in [0.15, 0.2) is 22.4 Å². The van der Waals surface area contributed by atoms with E-state index >= 15 is 0 Å². The van der Waals surface area contributed by atoms with Crippen molar-refractivity contribution in [2.45, 2.75) is 6.92 Å². The molecule has 34 heavy (non-hydrogen) atoms. The van der Waals surface area contributed by atoms with Crippen LogP contribution in [0.2, 0.25) is 5.15 Å². The molecule has 0 fully saturated rings. The van der Waals surface area contributed by atoms with Gasteiger partial charge in [-0.1, -0.05) is 23.7 Å². The highest BCUT2D eigenvalue weighted by molar-refractivity contribution is 7.92. The minimum absolute atomic E-state index is 0. The van der Waals surface area contributed by atoms with Gasteiger partial charge in [0.1, 0.15) is 22.9 Å². The maximum absolute atomic E-state index is 11.7. The Bertz CT molecular complexity index is 1460. The number of hydrogen-bond acceptors (Lipinski definition) is 9. The normalized spacial score (nSPS) is 11.4. The van der Waals surface area contributed by atoms with Crippen molar-refractivity contribution in [3.05, 3.63) is 41.6 Å². The first kappa shape index (κ1) is 23.5. The maximum atomic E-state index is 11.7. The number of hydrogen-bond donors (Lipinski definition) is 1. The van der Waals surface area contributed by atoms with Gasteiger partial charge in [0, 0.05) is 7.49 Å². The third-order valence-electron chi connectivity index (χ3n) is 4.60. The van der Waals surface area contributed by atoms with Crippen molar-refractivity contribution < 1.29 is 24.1 Å². The van der Waals surface area contributed by atoms with Gasteiger partial charge in [-0.25, -0.2) is 28.4 Å². The van der Waals surface area contributed by atoms with Crippen LogP contribution in [0.15, 0.2) is 36.4 Å². The van der Waals surface area contributed by atoms with Crippen LogP contribution in [0, 0.1) is 0 Å². The second kappa shape index (κ2) is 9.31. The third-order valence-corrected chi connectivity index (χ3v) is 5.43. The highest BCUT2D eigenvalue weighted by Gasteiger charge is 2.25. The number of pyridine rings is 1. The molecule has 4 aromatic rings. The number of anilines is 1. The van der Waals surface area contributed by atoms with E-state index in [2.05, 4.69) is 24.7 Å². The van der Waals surface area contributed by atoms with Crippen LogP contribution in [-0.4, -0.2) is 60.0 Å². The molecular weight excluding hydrogens is 484 g/mol. The van der Waals surface area contributed by atoms with Crippen molar-refractivity contribution in [3.63, 3.8) is 0 Å². The van der Waals surface area contributed by atoms with Crippen molar-refractivity contribution in [1.82, 2.24) is 24.5 Å². The van der Waals surface area contributed by atoms with Gasteiger partial charge in [-0.15, -0.1) is 0 Å². The van der Waals surface area contributed by atoms with Gasteiger partial charge < -0.3 is 14.2 Å². The molecule has 1 aromatic carbocycles. The van der Waals surface area contributed by atoms with E-state index in [1.807, 2.05) is 6.92 Å². The molecule has 3 heterocycles. The number of benzene rings is 1. The van der Waals surface area contributed by atoms with E-state index < -0.39 is 10.0 Å². The quantitative estimate of drug-likeness (QED) is 0.381. The van der Waals surface area contributed by atoms with E-state index in [0.29, 0.717) is 41.2 Å². The molecule has 11 nitrogen and oxygen atoms in total. The fraction of sp³-hybridized carbons (Fsp3) is 0.238. The van der Waals surface area contributed by atoms with Gasteiger partial charge in [0.2, 0.25) is 21.6 Å². The zero-order valence-electron chi connectivity index (χ0n) is 18.7. The number of ether oxygens (including phenoxy) is 3. The topological polar surface area (TPSA) is 130 Å². The summed E-state index contributed by atoms with van der Waals surface area (Å²) in [5.74, 6) is 1.54. The largest absolute Gasteiger partial charge is 0.494 e. The summed E-state index contributed by atoms with van der Waals surface area (Å²) in [5.41, 5.74) is 1.31. The summed E-state index contributed by atoms with van der Waals surface area (Å²) in [7, 11) is -0.598. The van der Waals surface area contributed by atoms with E-state index in [1.165, 1.54) is 14.2 Å². The number of nitrogens with one attached hydrogen (secondary N) is 1. The molecule has 0 aliphatic carbocycles. The summed E-state index contributed by atoms with van der Waals surface area (Å²) in [6.45, 7) is 2.29. The molecule has 0 saturated carbocycles. The van der Waals surface area contributed by atoms with Crippen LogP contribution in [0.3, 0.4) is 0 Å². The molecule has 0 saturated heterocycles. The summed E-state index contributed by atoms with van der Waals surface area (Å²) >= 11 is 6.30. The Morgan fingerprint density at radius 1 is 1.03 bits per heavy atom. The molecule has 0 spiro atoms. The second-order valence-electron chi connectivity index (χ2n) is 6.96. The molecule has 0 radical (unpaired) electrons. The molecule has 1 N–H and O–H groups in total. The molecule has 4 rings (SSSR count). The zero-order valence-corrected chi connectivity index (χ0v) is 20.3. The van der Waals surface area contributed by atoms with Gasteiger partial charge in [0.05, 0.1) is 27.1 Å². The van der Waals surface area contributed by atoms with E-state index in [9.17, 15) is 8.42 Å². The van der Waals surface area contributed by atoms with Gasteiger partial charge in [-0.2, -0.15) is 0 Å². The number of imidazole rings is 1. The molecule has 0 bridgehead atoms. The standard InChI is InChI=1S/C21H21ClN6O5S.H2/c1-5-33-15-11-6-8-12(23-15)20-26-19-21(24-17(22)18(25-19)27-34(4,29)30)28(20)16-13(31-2)9-7-10-14(16)32-3;/h6-11H,5H2,1-4H3,(H,25,27);1H. The SMILES string of the molecule is CCOc1cccc(-c2nc3nc(NS(C)(=O)=O)c(Cl)nc3n2-c2c(OC)cccc2OC)n1.[HH]. The number of fused-ring (bicyclic) bond motifs is 1. The number of sulfonamides is 1. The first-order valence-corrected chi connectivity index (χ1v) is 12.3. The fourth-order valence-electron chi connectivity index (χ4n) is 3.32. The highest BCUT2D eigenvalue weighted by Crippen LogP contribution is 2.38. The number of nitrogens with zero attached hydrogens (tertiary/aromatic N) is 5. The summed E-state index contributed by atoms with van der Waals surface area (Å²) in [4.78, 5) is 17.9. The van der Waals surface area contributed by atoms with Crippen LogP contribution in [0.25, 0.3) is 28.5 Å².